The van der Waals surface area contributed by atoms with Gasteiger partial charge in [-0.2, -0.15) is 0 Å². The van der Waals surface area contributed by atoms with E-state index in [0.717, 1.165) is 88.6 Å². The highest BCUT2D eigenvalue weighted by molar-refractivity contribution is 6.10. The van der Waals surface area contributed by atoms with Crippen LogP contribution in [0, 0.1) is 0 Å². The molecule has 0 bridgehead atoms. The Morgan fingerprint density at radius 1 is 0.254 bits per heavy atom. The maximum Gasteiger partial charge on any atom is 0.164 e. The predicted octanol–water partition coefficient (Wildman–Crippen LogP) is 13.4. The molecule has 0 aliphatic carbocycles. The molecule has 6 nitrogen and oxygen atoms in total. The van der Waals surface area contributed by atoms with E-state index in [4.69, 9.17) is 29.3 Å². The summed E-state index contributed by atoms with van der Waals surface area (Å²) in [5, 5.41) is 4.42. The fourth-order valence-electron chi connectivity index (χ4n) is 7.72. The highest BCUT2D eigenvalue weighted by Crippen LogP contribution is 2.36. The molecular weight excluding hydrogens is 723 g/mol. The van der Waals surface area contributed by atoms with E-state index < -0.39 is 0 Å². The van der Waals surface area contributed by atoms with Crippen molar-refractivity contribution in [3.05, 3.63) is 200 Å². The molecule has 3 aromatic heterocycles. The van der Waals surface area contributed by atoms with Gasteiger partial charge in [-0.25, -0.2) is 24.9 Å². The molecule has 0 radical (unpaired) electrons. The van der Waals surface area contributed by atoms with Crippen LogP contribution in [0.2, 0.25) is 0 Å². The minimum Gasteiger partial charge on any atom is -0.456 e. The van der Waals surface area contributed by atoms with Crippen LogP contribution < -0.4 is 0 Å². The van der Waals surface area contributed by atoms with Gasteiger partial charge in [0.2, 0.25) is 0 Å². The zero-order chi connectivity index (χ0) is 39.1. The third kappa shape index (κ3) is 6.58. The van der Waals surface area contributed by atoms with Gasteiger partial charge in [0.25, 0.3) is 0 Å². The van der Waals surface area contributed by atoms with Crippen molar-refractivity contribution in [3.63, 3.8) is 0 Å². The van der Waals surface area contributed by atoms with Gasteiger partial charge in [-0.1, -0.05) is 158 Å². The molecule has 11 aromatic rings. The van der Waals surface area contributed by atoms with Gasteiger partial charge < -0.3 is 4.42 Å². The largest absolute Gasteiger partial charge is 0.456 e. The third-order valence-electron chi connectivity index (χ3n) is 10.7. The molecule has 0 saturated carbocycles. The summed E-state index contributed by atoms with van der Waals surface area (Å²) < 4.78 is 6.25. The lowest BCUT2D eigenvalue weighted by Crippen LogP contribution is -2.00. The van der Waals surface area contributed by atoms with E-state index in [2.05, 4.69) is 103 Å². The van der Waals surface area contributed by atoms with Crippen molar-refractivity contribution in [2.24, 2.45) is 0 Å². The summed E-state index contributed by atoms with van der Waals surface area (Å²) in [6, 6.07) is 68.2. The quantitative estimate of drug-likeness (QED) is 0.161. The lowest BCUT2D eigenvalue weighted by atomic mass is 9.99. The summed E-state index contributed by atoms with van der Waals surface area (Å²) in [7, 11) is 0. The highest BCUT2D eigenvalue weighted by Gasteiger charge is 2.16. The second-order valence-corrected chi connectivity index (χ2v) is 14.5. The van der Waals surface area contributed by atoms with Gasteiger partial charge in [0.15, 0.2) is 23.3 Å². The average Bonchev–Trinajstić information content (AvgIpc) is 3.68. The first kappa shape index (κ1) is 34.2. The smallest absolute Gasteiger partial charge is 0.164 e. The van der Waals surface area contributed by atoms with E-state index in [1.165, 1.54) is 0 Å². The second-order valence-electron chi connectivity index (χ2n) is 14.5. The molecule has 276 valence electrons. The normalized spacial score (nSPS) is 11.4. The van der Waals surface area contributed by atoms with Crippen molar-refractivity contribution < 1.29 is 4.42 Å². The standard InChI is InChI=1S/C53H33N5O/c1-4-14-34(15-5-1)46-33-47(55-52(54-46)42-27-26-39-31-45-44-24-10-11-25-48(44)59-49(45)32-43(39)30-42)40-22-12-20-37(28-40)38-21-13-23-41(29-38)53-57-50(35-16-6-2-7-17-35)56-51(58-53)36-18-8-3-9-19-36/h1-33H. The van der Waals surface area contributed by atoms with Gasteiger partial charge in [-0.15, -0.1) is 0 Å². The van der Waals surface area contributed by atoms with Crippen LogP contribution in [0.25, 0.3) is 112 Å². The highest BCUT2D eigenvalue weighted by atomic mass is 16.3. The molecule has 0 fully saturated rings. The van der Waals surface area contributed by atoms with Gasteiger partial charge in [0, 0.05) is 44.2 Å². The molecule has 0 amide bonds. The summed E-state index contributed by atoms with van der Waals surface area (Å²) >= 11 is 0. The number of hydrogen-bond acceptors (Lipinski definition) is 6. The Hall–Kier alpha value is -8.09. The molecule has 0 saturated heterocycles. The van der Waals surface area contributed by atoms with Gasteiger partial charge >= 0.3 is 0 Å². The number of rotatable bonds is 7. The Morgan fingerprint density at radius 3 is 1.42 bits per heavy atom. The first-order valence-corrected chi connectivity index (χ1v) is 19.6. The number of nitrogens with zero attached hydrogens (tertiary/aromatic N) is 5. The molecular formula is C53H33N5O. The summed E-state index contributed by atoms with van der Waals surface area (Å²) in [5.74, 6) is 2.52. The molecule has 11 rings (SSSR count). The second kappa shape index (κ2) is 14.4. The van der Waals surface area contributed by atoms with E-state index in [-0.39, 0.29) is 0 Å². The number of hydrogen-bond donors (Lipinski definition) is 0. The van der Waals surface area contributed by atoms with Crippen LogP contribution in [0.5, 0.6) is 0 Å². The number of fused-ring (bicyclic) bond motifs is 4. The van der Waals surface area contributed by atoms with Gasteiger partial charge in [0.1, 0.15) is 11.2 Å². The predicted molar refractivity (Wildman–Crippen MR) is 238 cm³/mol. The summed E-state index contributed by atoms with van der Waals surface area (Å²) in [5.41, 5.74) is 11.2. The van der Waals surface area contributed by atoms with Crippen molar-refractivity contribution in [2.45, 2.75) is 0 Å². The van der Waals surface area contributed by atoms with Crippen LogP contribution in [-0.4, -0.2) is 24.9 Å². The zero-order valence-electron chi connectivity index (χ0n) is 31.7. The fourth-order valence-corrected chi connectivity index (χ4v) is 7.72. The number of para-hydroxylation sites is 1. The molecule has 0 spiro atoms. The molecule has 0 aliphatic rings. The minimum absolute atomic E-state index is 0.611. The molecule has 0 N–H and O–H groups in total. The molecule has 0 unspecified atom stereocenters. The Balaban J connectivity index is 0.995. The average molecular weight is 756 g/mol. The lowest BCUT2D eigenvalue weighted by Gasteiger charge is -2.12. The molecule has 0 aliphatic heterocycles. The Morgan fingerprint density at radius 2 is 0.746 bits per heavy atom. The summed E-state index contributed by atoms with van der Waals surface area (Å²) in [6.07, 6.45) is 0. The number of furan rings is 1. The van der Waals surface area contributed by atoms with Crippen LogP contribution in [0.15, 0.2) is 205 Å². The van der Waals surface area contributed by atoms with Gasteiger partial charge in [0.05, 0.1) is 11.4 Å². The maximum absolute atomic E-state index is 6.25. The third-order valence-corrected chi connectivity index (χ3v) is 10.7. The van der Waals surface area contributed by atoms with Crippen molar-refractivity contribution in [3.8, 4) is 79.2 Å². The zero-order valence-corrected chi connectivity index (χ0v) is 31.7. The lowest BCUT2D eigenvalue weighted by molar-refractivity contribution is 0.669. The first-order valence-electron chi connectivity index (χ1n) is 19.6. The molecule has 59 heavy (non-hydrogen) atoms. The molecule has 0 atom stereocenters. The van der Waals surface area contributed by atoms with Crippen LogP contribution in [0.1, 0.15) is 0 Å². The summed E-state index contributed by atoms with van der Waals surface area (Å²) in [4.78, 5) is 25.2. The van der Waals surface area contributed by atoms with Crippen molar-refractivity contribution in [1.82, 2.24) is 24.9 Å². The van der Waals surface area contributed by atoms with Gasteiger partial charge in [-0.05, 0) is 64.4 Å². The van der Waals surface area contributed by atoms with E-state index in [0.29, 0.717) is 23.3 Å². The van der Waals surface area contributed by atoms with Crippen molar-refractivity contribution in [2.75, 3.05) is 0 Å². The maximum atomic E-state index is 6.25. The van der Waals surface area contributed by atoms with E-state index >= 15 is 0 Å². The topological polar surface area (TPSA) is 77.6 Å². The van der Waals surface area contributed by atoms with Crippen molar-refractivity contribution in [1.29, 1.82) is 0 Å². The van der Waals surface area contributed by atoms with Crippen LogP contribution in [0.4, 0.5) is 0 Å². The monoisotopic (exact) mass is 755 g/mol. The minimum atomic E-state index is 0.611. The Labute approximate surface area is 340 Å². The SMILES string of the molecule is c1ccc(-c2cc(-c3cccc(-c4cccc(-c5nc(-c6ccccc6)nc(-c6ccccc6)n5)c4)c3)nc(-c3ccc4cc5c(cc4c3)oc3ccccc35)n2)cc1. The number of aromatic nitrogens is 5. The van der Waals surface area contributed by atoms with Crippen molar-refractivity contribution >= 4 is 32.7 Å². The first-order chi connectivity index (χ1) is 29.2. The van der Waals surface area contributed by atoms with Crippen LogP contribution in [-0.2, 0) is 0 Å². The molecule has 8 aromatic carbocycles. The fraction of sp³-hybridized carbons (Fsp3) is 0. The van der Waals surface area contributed by atoms with E-state index in [1.807, 2.05) is 97.1 Å². The Bertz CT molecular complexity index is 3270. The summed E-state index contributed by atoms with van der Waals surface area (Å²) in [6.45, 7) is 0. The Kier molecular flexibility index (Phi) is 8.37. The van der Waals surface area contributed by atoms with E-state index in [1.54, 1.807) is 0 Å². The van der Waals surface area contributed by atoms with Crippen LogP contribution >= 0.6 is 0 Å². The molecule has 3 heterocycles. The van der Waals surface area contributed by atoms with Crippen LogP contribution in [0.3, 0.4) is 0 Å². The molecule has 6 heteroatoms. The van der Waals surface area contributed by atoms with Gasteiger partial charge in [-0.3, -0.25) is 0 Å². The van der Waals surface area contributed by atoms with E-state index in [9.17, 15) is 0 Å². The number of benzene rings is 8.